The summed E-state index contributed by atoms with van der Waals surface area (Å²) in [6.07, 6.45) is -2.27. The molecule has 0 saturated carbocycles. The van der Waals surface area contributed by atoms with Gasteiger partial charge in [0.1, 0.15) is 23.0 Å². The van der Waals surface area contributed by atoms with Gasteiger partial charge in [0.15, 0.2) is 6.10 Å². The molecule has 0 aromatic heterocycles. The van der Waals surface area contributed by atoms with Gasteiger partial charge in [0.05, 0.1) is 6.42 Å². The highest BCUT2D eigenvalue weighted by atomic mass is 16.6. The number of aromatic hydroxyl groups is 2. The SMILES string of the molecule is O=C(CC(O)C(=O)Oc1ccc(O)cc1)Oc1ccc(O)cc1. The van der Waals surface area contributed by atoms with Crippen LogP contribution in [0.4, 0.5) is 0 Å². The summed E-state index contributed by atoms with van der Waals surface area (Å²) in [7, 11) is 0. The highest BCUT2D eigenvalue weighted by Gasteiger charge is 2.22. The number of aliphatic hydroxyl groups is 1. The van der Waals surface area contributed by atoms with Gasteiger partial charge >= 0.3 is 11.9 Å². The summed E-state index contributed by atoms with van der Waals surface area (Å²) in [5.41, 5.74) is 0. The van der Waals surface area contributed by atoms with Gasteiger partial charge in [-0.1, -0.05) is 0 Å². The zero-order valence-electron chi connectivity index (χ0n) is 11.9. The maximum absolute atomic E-state index is 11.7. The van der Waals surface area contributed by atoms with Gasteiger partial charge in [0.2, 0.25) is 0 Å². The normalized spacial score (nSPS) is 11.5. The third-order valence-corrected chi connectivity index (χ3v) is 2.76. The van der Waals surface area contributed by atoms with Crippen molar-refractivity contribution in [2.24, 2.45) is 0 Å². The number of esters is 2. The second-order valence-corrected chi connectivity index (χ2v) is 4.60. The summed E-state index contributed by atoms with van der Waals surface area (Å²) < 4.78 is 9.76. The van der Waals surface area contributed by atoms with Crippen LogP contribution in [0.1, 0.15) is 6.42 Å². The van der Waals surface area contributed by atoms with E-state index in [4.69, 9.17) is 19.7 Å². The molecule has 0 aliphatic carbocycles. The summed E-state index contributed by atoms with van der Waals surface area (Å²) in [4.78, 5) is 23.3. The molecule has 7 heteroatoms. The largest absolute Gasteiger partial charge is 0.508 e. The number of aliphatic hydroxyl groups excluding tert-OH is 1. The molecule has 0 aliphatic heterocycles. The van der Waals surface area contributed by atoms with E-state index >= 15 is 0 Å². The van der Waals surface area contributed by atoms with E-state index in [0.29, 0.717) is 0 Å². The number of hydrogen-bond acceptors (Lipinski definition) is 7. The number of carbonyl (C=O) groups is 2. The van der Waals surface area contributed by atoms with Crippen LogP contribution in [-0.4, -0.2) is 33.4 Å². The minimum atomic E-state index is -1.69. The lowest BCUT2D eigenvalue weighted by molar-refractivity contribution is -0.149. The first kappa shape index (κ1) is 16.3. The predicted molar refractivity (Wildman–Crippen MR) is 78.1 cm³/mol. The molecule has 1 unspecified atom stereocenters. The molecule has 0 bridgehead atoms. The van der Waals surface area contributed by atoms with Gasteiger partial charge in [0, 0.05) is 0 Å². The molecule has 120 valence electrons. The summed E-state index contributed by atoms with van der Waals surface area (Å²) in [6.45, 7) is 0. The van der Waals surface area contributed by atoms with E-state index in [0.717, 1.165) is 0 Å². The fraction of sp³-hybridized carbons (Fsp3) is 0.125. The van der Waals surface area contributed by atoms with Crippen molar-refractivity contribution < 1.29 is 34.4 Å². The molecule has 2 rings (SSSR count). The standard InChI is InChI=1S/C16H14O7/c17-10-1-5-12(6-2-10)22-15(20)9-14(19)16(21)23-13-7-3-11(18)4-8-13/h1-8,14,17-19H,9H2. The Hall–Kier alpha value is -3.06. The maximum atomic E-state index is 11.7. The number of carbonyl (C=O) groups excluding carboxylic acids is 2. The number of hydrogen-bond donors (Lipinski definition) is 3. The van der Waals surface area contributed by atoms with Crippen LogP contribution >= 0.6 is 0 Å². The van der Waals surface area contributed by atoms with Gasteiger partial charge in [-0.2, -0.15) is 0 Å². The number of phenolic OH excluding ortho intramolecular Hbond substituents is 2. The first-order valence-electron chi connectivity index (χ1n) is 6.62. The number of rotatable bonds is 5. The lowest BCUT2D eigenvalue weighted by atomic mass is 10.2. The smallest absolute Gasteiger partial charge is 0.340 e. The molecule has 2 aromatic rings. The van der Waals surface area contributed by atoms with Crippen LogP contribution in [0.3, 0.4) is 0 Å². The second kappa shape index (κ2) is 7.28. The van der Waals surface area contributed by atoms with Crippen LogP contribution < -0.4 is 9.47 Å². The lowest BCUT2D eigenvalue weighted by Gasteiger charge is -2.10. The highest BCUT2D eigenvalue weighted by molar-refractivity contribution is 5.83. The van der Waals surface area contributed by atoms with Gasteiger partial charge in [-0.05, 0) is 48.5 Å². The topological polar surface area (TPSA) is 113 Å². The summed E-state index contributed by atoms with van der Waals surface area (Å²) in [6, 6.07) is 10.7. The first-order chi connectivity index (χ1) is 10.9. The van der Waals surface area contributed by atoms with Crippen LogP contribution in [-0.2, 0) is 9.59 Å². The number of ether oxygens (including phenoxy) is 2. The van der Waals surface area contributed by atoms with E-state index in [1.165, 1.54) is 48.5 Å². The van der Waals surface area contributed by atoms with Crippen molar-refractivity contribution in [1.82, 2.24) is 0 Å². The first-order valence-corrected chi connectivity index (χ1v) is 6.62. The Morgan fingerprint density at radius 2 is 1.26 bits per heavy atom. The zero-order valence-corrected chi connectivity index (χ0v) is 11.9. The Morgan fingerprint density at radius 3 is 1.74 bits per heavy atom. The second-order valence-electron chi connectivity index (χ2n) is 4.60. The molecule has 0 radical (unpaired) electrons. The van der Waals surface area contributed by atoms with Crippen molar-refractivity contribution in [3.8, 4) is 23.0 Å². The van der Waals surface area contributed by atoms with E-state index < -0.39 is 24.5 Å². The predicted octanol–water partition coefficient (Wildman–Crippen LogP) is 1.36. The van der Waals surface area contributed by atoms with E-state index in [-0.39, 0.29) is 23.0 Å². The van der Waals surface area contributed by atoms with Crippen molar-refractivity contribution in [2.75, 3.05) is 0 Å². The van der Waals surface area contributed by atoms with Gasteiger partial charge in [-0.15, -0.1) is 0 Å². The Labute approximate surface area is 131 Å². The Bertz CT molecular complexity index is 677. The lowest BCUT2D eigenvalue weighted by Crippen LogP contribution is -2.29. The van der Waals surface area contributed by atoms with Gasteiger partial charge in [-0.25, -0.2) is 4.79 Å². The highest BCUT2D eigenvalue weighted by Crippen LogP contribution is 2.18. The molecular weight excluding hydrogens is 304 g/mol. The van der Waals surface area contributed by atoms with Gasteiger partial charge < -0.3 is 24.8 Å². The van der Waals surface area contributed by atoms with Crippen LogP contribution in [0.2, 0.25) is 0 Å². The molecule has 0 fully saturated rings. The van der Waals surface area contributed by atoms with Crippen LogP contribution in [0.15, 0.2) is 48.5 Å². The van der Waals surface area contributed by atoms with E-state index in [1.807, 2.05) is 0 Å². The average Bonchev–Trinajstić information content (AvgIpc) is 2.51. The average molecular weight is 318 g/mol. The Kier molecular flexibility index (Phi) is 5.16. The Balaban J connectivity index is 1.86. The van der Waals surface area contributed by atoms with Crippen molar-refractivity contribution in [2.45, 2.75) is 12.5 Å². The molecule has 2 aromatic carbocycles. The van der Waals surface area contributed by atoms with Crippen molar-refractivity contribution >= 4 is 11.9 Å². The molecule has 0 aliphatic rings. The molecule has 7 nitrogen and oxygen atoms in total. The molecule has 23 heavy (non-hydrogen) atoms. The van der Waals surface area contributed by atoms with Crippen LogP contribution in [0.5, 0.6) is 23.0 Å². The molecule has 0 heterocycles. The van der Waals surface area contributed by atoms with Crippen molar-refractivity contribution in [3.63, 3.8) is 0 Å². The minimum Gasteiger partial charge on any atom is -0.508 e. The van der Waals surface area contributed by atoms with Crippen molar-refractivity contribution in [3.05, 3.63) is 48.5 Å². The summed E-state index contributed by atoms with van der Waals surface area (Å²) in [5.74, 6) is -1.53. The maximum Gasteiger partial charge on any atom is 0.340 e. The Morgan fingerprint density at radius 1 is 0.826 bits per heavy atom. The fourth-order valence-electron chi connectivity index (χ4n) is 1.63. The van der Waals surface area contributed by atoms with E-state index in [1.54, 1.807) is 0 Å². The summed E-state index contributed by atoms with van der Waals surface area (Å²) >= 11 is 0. The number of phenols is 2. The van der Waals surface area contributed by atoms with Gasteiger partial charge in [0.25, 0.3) is 0 Å². The summed E-state index contributed by atoms with van der Waals surface area (Å²) in [5, 5.41) is 27.9. The molecular formula is C16H14O7. The number of benzene rings is 2. The van der Waals surface area contributed by atoms with Crippen LogP contribution in [0, 0.1) is 0 Å². The van der Waals surface area contributed by atoms with Gasteiger partial charge in [-0.3, -0.25) is 4.79 Å². The fourth-order valence-corrected chi connectivity index (χ4v) is 1.63. The molecule has 0 saturated heterocycles. The molecule has 0 amide bonds. The van der Waals surface area contributed by atoms with Crippen LogP contribution in [0.25, 0.3) is 0 Å². The monoisotopic (exact) mass is 318 g/mol. The zero-order chi connectivity index (χ0) is 16.8. The minimum absolute atomic E-state index is 0.00261. The van der Waals surface area contributed by atoms with Crippen molar-refractivity contribution in [1.29, 1.82) is 0 Å². The third-order valence-electron chi connectivity index (χ3n) is 2.76. The van der Waals surface area contributed by atoms with E-state index in [9.17, 15) is 14.7 Å². The molecule has 0 spiro atoms. The third kappa shape index (κ3) is 5.01. The van der Waals surface area contributed by atoms with E-state index in [2.05, 4.69) is 0 Å². The molecule has 1 atom stereocenters. The quantitative estimate of drug-likeness (QED) is 0.563. The molecule has 3 N–H and O–H groups in total.